The molecular weight excluding hydrogens is 318 g/mol. The van der Waals surface area contributed by atoms with Crippen LogP contribution < -0.4 is 0 Å². The number of aromatic nitrogens is 3. The van der Waals surface area contributed by atoms with Crippen LogP contribution in [0, 0.1) is 0 Å². The summed E-state index contributed by atoms with van der Waals surface area (Å²) in [7, 11) is 2.09. The maximum absolute atomic E-state index is 4.61. The Morgan fingerprint density at radius 1 is 0.692 bits per heavy atom. The van der Waals surface area contributed by atoms with E-state index in [0.717, 1.165) is 22.3 Å². The van der Waals surface area contributed by atoms with Crippen molar-refractivity contribution < 1.29 is 0 Å². The van der Waals surface area contributed by atoms with E-state index in [9.17, 15) is 0 Å². The molecule has 0 saturated heterocycles. The van der Waals surface area contributed by atoms with E-state index < -0.39 is 0 Å². The fourth-order valence-corrected chi connectivity index (χ4v) is 3.67. The predicted molar refractivity (Wildman–Crippen MR) is 107 cm³/mol. The summed E-state index contributed by atoms with van der Waals surface area (Å²) in [6, 6.07) is 25.2. The summed E-state index contributed by atoms with van der Waals surface area (Å²) in [4.78, 5) is 9.15. The Morgan fingerprint density at radius 3 is 2.35 bits per heavy atom. The maximum Gasteiger partial charge on any atom is 0.0959 e. The lowest BCUT2D eigenvalue weighted by Gasteiger charge is -2.10. The second-order valence-corrected chi connectivity index (χ2v) is 6.42. The minimum Gasteiger partial charge on any atom is -0.342 e. The fourth-order valence-electron chi connectivity index (χ4n) is 3.67. The summed E-state index contributed by atoms with van der Waals surface area (Å²) < 4.78 is 2.20. The van der Waals surface area contributed by atoms with E-state index in [2.05, 4.69) is 76.2 Å². The molecule has 3 aromatic heterocycles. The fraction of sp³-hybridized carbons (Fsp3) is 0.0435. The average molecular weight is 335 g/mol. The van der Waals surface area contributed by atoms with Crippen LogP contribution in [0.15, 0.2) is 85.2 Å². The van der Waals surface area contributed by atoms with E-state index >= 15 is 0 Å². The summed E-state index contributed by atoms with van der Waals surface area (Å²) in [5.41, 5.74) is 7.87. The van der Waals surface area contributed by atoms with E-state index in [4.69, 9.17) is 0 Å². The Bertz CT molecular complexity index is 1240. The van der Waals surface area contributed by atoms with Crippen molar-refractivity contribution in [3.63, 3.8) is 0 Å². The number of fused-ring (bicyclic) bond motifs is 3. The summed E-state index contributed by atoms with van der Waals surface area (Å²) >= 11 is 0. The van der Waals surface area contributed by atoms with E-state index in [-0.39, 0.29) is 0 Å². The van der Waals surface area contributed by atoms with Gasteiger partial charge in [-0.05, 0) is 47.5 Å². The first-order valence-corrected chi connectivity index (χ1v) is 8.67. The lowest BCUT2D eigenvalue weighted by Crippen LogP contribution is -1.88. The molecule has 5 aromatic rings. The van der Waals surface area contributed by atoms with Crippen LogP contribution in [-0.2, 0) is 7.05 Å². The van der Waals surface area contributed by atoms with Crippen molar-refractivity contribution in [2.45, 2.75) is 0 Å². The van der Waals surface area contributed by atoms with Crippen LogP contribution in [-0.4, -0.2) is 14.5 Å². The zero-order chi connectivity index (χ0) is 17.5. The highest BCUT2D eigenvalue weighted by atomic mass is 15.0. The van der Waals surface area contributed by atoms with Gasteiger partial charge in [0.25, 0.3) is 0 Å². The van der Waals surface area contributed by atoms with Gasteiger partial charge >= 0.3 is 0 Å². The van der Waals surface area contributed by atoms with Gasteiger partial charge < -0.3 is 4.57 Å². The van der Waals surface area contributed by atoms with Gasteiger partial charge in [-0.1, -0.05) is 36.4 Å². The molecule has 0 unspecified atom stereocenters. The van der Waals surface area contributed by atoms with Crippen molar-refractivity contribution in [1.82, 2.24) is 14.5 Å². The molecule has 26 heavy (non-hydrogen) atoms. The van der Waals surface area contributed by atoms with E-state index in [1.54, 1.807) is 0 Å². The number of hydrogen-bond acceptors (Lipinski definition) is 2. The number of aryl methyl sites for hydroxylation is 1. The van der Waals surface area contributed by atoms with Crippen molar-refractivity contribution in [3.05, 3.63) is 85.2 Å². The molecule has 0 radical (unpaired) electrons. The smallest absolute Gasteiger partial charge is 0.0959 e. The van der Waals surface area contributed by atoms with E-state index in [1.165, 1.54) is 22.0 Å². The van der Waals surface area contributed by atoms with Crippen molar-refractivity contribution in [1.29, 1.82) is 0 Å². The Labute approximate surface area is 151 Å². The van der Waals surface area contributed by atoms with Gasteiger partial charge in [0, 0.05) is 30.4 Å². The molecule has 0 N–H and O–H groups in total. The lowest BCUT2D eigenvalue weighted by atomic mass is 9.96. The summed E-state index contributed by atoms with van der Waals surface area (Å²) in [5.74, 6) is 0. The number of benzene rings is 2. The maximum atomic E-state index is 4.61. The van der Waals surface area contributed by atoms with Gasteiger partial charge in [-0.2, -0.15) is 0 Å². The Balaban J connectivity index is 1.78. The molecule has 0 amide bonds. The highest BCUT2D eigenvalue weighted by molar-refractivity contribution is 6.07. The molecule has 0 atom stereocenters. The molecule has 3 heterocycles. The zero-order valence-corrected chi connectivity index (χ0v) is 14.4. The molecule has 0 fully saturated rings. The first-order valence-electron chi connectivity index (χ1n) is 8.67. The third kappa shape index (κ3) is 2.21. The molecule has 0 aliphatic heterocycles. The van der Waals surface area contributed by atoms with Crippen LogP contribution in [0.25, 0.3) is 44.3 Å². The van der Waals surface area contributed by atoms with Crippen LogP contribution in [0.1, 0.15) is 0 Å². The third-order valence-electron chi connectivity index (χ3n) is 4.94. The highest BCUT2D eigenvalue weighted by Crippen LogP contribution is 2.35. The van der Waals surface area contributed by atoms with Crippen molar-refractivity contribution in [3.8, 4) is 22.4 Å². The van der Waals surface area contributed by atoms with Crippen molar-refractivity contribution >= 4 is 21.9 Å². The van der Waals surface area contributed by atoms with Crippen LogP contribution in [0.2, 0.25) is 0 Å². The quantitative estimate of drug-likeness (QED) is 0.429. The van der Waals surface area contributed by atoms with Crippen molar-refractivity contribution in [2.75, 3.05) is 0 Å². The van der Waals surface area contributed by atoms with Gasteiger partial charge in [0.15, 0.2) is 0 Å². The molecule has 0 aliphatic carbocycles. The SMILES string of the molecule is Cn1c2ccc(-c3ccccc3-c3ccccn3)cc2c2ncccc21. The van der Waals surface area contributed by atoms with E-state index in [1.807, 2.05) is 30.6 Å². The normalized spacial score (nSPS) is 11.3. The average Bonchev–Trinajstić information content (AvgIpc) is 3.01. The molecule has 0 spiro atoms. The van der Waals surface area contributed by atoms with Crippen LogP contribution >= 0.6 is 0 Å². The van der Waals surface area contributed by atoms with Gasteiger partial charge in [0.2, 0.25) is 0 Å². The predicted octanol–water partition coefficient (Wildman–Crippen LogP) is 5.46. The molecule has 0 aliphatic rings. The second-order valence-electron chi connectivity index (χ2n) is 6.42. The molecule has 3 heteroatoms. The van der Waals surface area contributed by atoms with Gasteiger partial charge in [-0.3, -0.25) is 9.97 Å². The molecule has 2 aromatic carbocycles. The molecule has 124 valence electrons. The third-order valence-corrected chi connectivity index (χ3v) is 4.94. The molecule has 0 saturated carbocycles. The summed E-state index contributed by atoms with van der Waals surface area (Å²) in [6.45, 7) is 0. The molecule has 0 bridgehead atoms. The Morgan fingerprint density at radius 2 is 1.50 bits per heavy atom. The van der Waals surface area contributed by atoms with Crippen LogP contribution in [0.5, 0.6) is 0 Å². The number of pyridine rings is 2. The first-order chi connectivity index (χ1) is 12.8. The number of hydrogen-bond donors (Lipinski definition) is 0. The first kappa shape index (κ1) is 14.8. The minimum atomic E-state index is 0.985. The summed E-state index contributed by atoms with van der Waals surface area (Å²) in [6.07, 6.45) is 3.69. The van der Waals surface area contributed by atoms with Crippen LogP contribution in [0.3, 0.4) is 0 Å². The monoisotopic (exact) mass is 335 g/mol. The summed E-state index contributed by atoms with van der Waals surface area (Å²) in [5, 5.41) is 1.18. The standard InChI is InChI=1S/C23H17N3/c1-26-21-12-11-16(15-19(21)23-22(26)10-6-14-25-23)17-7-2-3-8-18(17)20-9-4-5-13-24-20/h2-15H,1H3. The minimum absolute atomic E-state index is 0.985. The molecular formula is C23H17N3. The Kier molecular flexibility index (Phi) is 3.32. The van der Waals surface area contributed by atoms with E-state index in [0.29, 0.717) is 0 Å². The van der Waals surface area contributed by atoms with Gasteiger partial charge in [-0.15, -0.1) is 0 Å². The molecule has 3 nitrogen and oxygen atoms in total. The number of rotatable bonds is 2. The molecule has 5 rings (SSSR count). The Hall–Kier alpha value is -3.46. The van der Waals surface area contributed by atoms with Crippen molar-refractivity contribution in [2.24, 2.45) is 7.05 Å². The van der Waals surface area contributed by atoms with Gasteiger partial charge in [-0.25, -0.2) is 0 Å². The lowest BCUT2D eigenvalue weighted by molar-refractivity contribution is 1.01. The van der Waals surface area contributed by atoms with Crippen LogP contribution in [0.4, 0.5) is 0 Å². The highest BCUT2D eigenvalue weighted by Gasteiger charge is 2.12. The topological polar surface area (TPSA) is 30.7 Å². The number of nitrogens with zero attached hydrogens (tertiary/aromatic N) is 3. The van der Waals surface area contributed by atoms with Gasteiger partial charge in [0.05, 0.1) is 22.2 Å². The zero-order valence-electron chi connectivity index (χ0n) is 14.4. The van der Waals surface area contributed by atoms with Gasteiger partial charge in [0.1, 0.15) is 0 Å². The second kappa shape index (κ2) is 5.81. The largest absolute Gasteiger partial charge is 0.342 e.